The molecule has 1 heterocycles. The van der Waals surface area contributed by atoms with Gasteiger partial charge in [0.15, 0.2) is 0 Å². The zero-order valence-electron chi connectivity index (χ0n) is 11.1. The molecule has 0 fully saturated rings. The van der Waals surface area contributed by atoms with Crippen LogP contribution in [0.3, 0.4) is 0 Å². The molecule has 2 aromatic carbocycles. The molecule has 0 unspecified atom stereocenters. The lowest BCUT2D eigenvalue weighted by Gasteiger charge is -2.10. The topological polar surface area (TPSA) is 43.8 Å². The highest BCUT2D eigenvalue weighted by Gasteiger charge is 2.14. The average molecular weight is 318 g/mol. The summed E-state index contributed by atoms with van der Waals surface area (Å²) in [6, 6.07) is 15.5. The molecule has 3 rings (SSSR count). The molecule has 0 aliphatic heterocycles. The summed E-state index contributed by atoms with van der Waals surface area (Å²) in [6.45, 7) is 0.422. The van der Waals surface area contributed by atoms with Crippen LogP contribution in [0.25, 0.3) is 16.9 Å². The molecule has 0 saturated heterocycles. The van der Waals surface area contributed by atoms with Crippen LogP contribution >= 0.6 is 23.2 Å². The zero-order valence-corrected chi connectivity index (χ0v) is 12.6. The Morgan fingerprint density at radius 1 is 1.00 bits per heavy atom. The van der Waals surface area contributed by atoms with Crippen molar-refractivity contribution in [1.82, 2.24) is 9.78 Å². The van der Waals surface area contributed by atoms with Gasteiger partial charge in [-0.25, -0.2) is 4.68 Å². The van der Waals surface area contributed by atoms with Crippen LogP contribution in [0.1, 0.15) is 5.56 Å². The van der Waals surface area contributed by atoms with Crippen molar-refractivity contribution in [2.75, 3.05) is 0 Å². The maximum atomic E-state index is 6.11. The molecule has 0 spiro atoms. The number of hydrogen-bond acceptors (Lipinski definition) is 2. The third-order valence-corrected chi connectivity index (χ3v) is 4.00. The Kier molecular flexibility index (Phi) is 3.97. The number of rotatable bonds is 3. The molecule has 2 N–H and O–H groups in total. The van der Waals surface area contributed by atoms with Gasteiger partial charge in [0.1, 0.15) is 0 Å². The normalized spacial score (nSPS) is 10.8. The molecule has 21 heavy (non-hydrogen) atoms. The van der Waals surface area contributed by atoms with Crippen molar-refractivity contribution >= 4 is 23.2 Å². The number of nitrogens with zero attached hydrogens (tertiary/aromatic N) is 2. The Bertz CT molecular complexity index is 766. The third kappa shape index (κ3) is 2.68. The van der Waals surface area contributed by atoms with E-state index in [9.17, 15) is 0 Å². The summed E-state index contributed by atoms with van der Waals surface area (Å²) in [5, 5.41) is 5.46. The Balaban J connectivity index is 2.20. The fraction of sp³-hybridized carbons (Fsp3) is 0.0625. The van der Waals surface area contributed by atoms with E-state index < -0.39 is 0 Å². The minimum atomic E-state index is 0.422. The quantitative estimate of drug-likeness (QED) is 0.782. The molecule has 3 aromatic rings. The van der Waals surface area contributed by atoms with Crippen molar-refractivity contribution in [1.29, 1.82) is 0 Å². The van der Waals surface area contributed by atoms with E-state index in [1.165, 1.54) is 0 Å². The second-order valence-electron chi connectivity index (χ2n) is 4.60. The van der Waals surface area contributed by atoms with Gasteiger partial charge in [0.25, 0.3) is 0 Å². The Morgan fingerprint density at radius 3 is 2.43 bits per heavy atom. The highest BCUT2D eigenvalue weighted by Crippen LogP contribution is 2.29. The molecule has 1 aromatic heterocycles. The van der Waals surface area contributed by atoms with E-state index in [1.54, 1.807) is 18.3 Å². The summed E-state index contributed by atoms with van der Waals surface area (Å²) < 4.78 is 1.83. The molecule has 5 heteroatoms. The minimum Gasteiger partial charge on any atom is -0.326 e. The van der Waals surface area contributed by atoms with Crippen molar-refractivity contribution in [2.24, 2.45) is 5.73 Å². The highest BCUT2D eigenvalue weighted by atomic mass is 35.5. The van der Waals surface area contributed by atoms with E-state index >= 15 is 0 Å². The first kappa shape index (κ1) is 14.1. The van der Waals surface area contributed by atoms with Crippen LogP contribution in [-0.4, -0.2) is 9.78 Å². The van der Waals surface area contributed by atoms with Gasteiger partial charge in [0.2, 0.25) is 0 Å². The van der Waals surface area contributed by atoms with Gasteiger partial charge in [-0.15, -0.1) is 0 Å². The summed E-state index contributed by atoms with van der Waals surface area (Å²) in [5.74, 6) is 0. The minimum absolute atomic E-state index is 0.422. The van der Waals surface area contributed by atoms with Crippen LogP contribution in [0.4, 0.5) is 0 Å². The maximum absolute atomic E-state index is 6.11. The maximum Gasteiger partial charge on any atom is 0.0785 e. The molecule has 106 valence electrons. The van der Waals surface area contributed by atoms with Crippen molar-refractivity contribution in [2.45, 2.75) is 6.54 Å². The van der Waals surface area contributed by atoms with Crippen molar-refractivity contribution in [3.8, 4) is 16.9 Å². The molecular formula is C16H13Cl2N3. The first-order valence-electron chi connectivity index (χ1n) is 6.48. The van der Waals surface area contributed by atoms with Crippen molar-refractivity contribution < 1.29 is 0 Å². The monoisotopic (exact) mass is 317 g/mol. The Labute approximate surface area is 132 Å². The molecular weight excluding hydrogens is 305 g/mol. The summed E-state index contributed by atoms with van der Waals surface area (Å²) in [7, 11) is 0. The lowest BCUT2D eigenvalue weighted by Crippen LogP contribution is -2.02. The first-order valence-corrected chi connectivity index (χ1v) is 7.24. The number of nitrogens with two attached hydrogens (primary N) is 1. The molecule has 3 nitrogen and oxygen atoms in total. The molecule has 0 aliphatic rings. The predicted octanol–water partition coefficient (Wildman–Crippen LogP) is 4.30. The number of aromatic nitrogens is 2. The summed E-state index contributed by atoms with van der Waals surface area (Å²) in [6.07, 6.45) is 1.78. The van der Waals surface area contributed by atoms with Gasteiger partial charge in [-0.1, -0.05) is 53.5 Å². The molecule has 0 radical (unpaired) electrons. The van der Waals surface area contributed by atoms with Crippen molar-refractivity contribution in [3.05, 3.63) is 70.3 Å². The van der Waals surface area contributed by atoms with E-state index in [0.717, 1.165) is 22.5 Å². The van der Waals surface area contributed by atoms with Crippen LogP contribution < -0.4 is 5.73 Å². The van der Waals surface area contributed by atoms with Gasteiger partial charge < -0.3 is 5.73 Å². The lowest BCUT2D eigenvalue weighted by molar-refractivity contribution is 0.887. The largest absolute Gasteiger partial charge is 0.326 e. The molecule has 0 bridgehead atoms. The number of benzene rings is 2. The SMILES string of the molecule is NCc1cnn(-c2ccc(Cl)c(Cl)c2)c1-c1ccccc1. The predicted molar refractivity (Wildman–Crippen MR) is 86.9 cm³/mol. The van der Waals surface area contributed by atoms with Crippen LogP contribution in [0.5, 0.6) is 0 Å². The second-order valence-corrected chi connectivity index (χ2v) is 5.41. The summed E-state index contributed by atoms with van der Waals surface area (Å²) >= 11 is 12.1. The Morgan fingerprint density at radius 2 is 1.76 bits per heavy atom. The van der Waals surface area contributed by atoms with Gasteiger partial charge in [-0.3, -0.25) is 0 Å². The van der Waals surface area contributed by atoms with Gasteiger partial charge in [-0.05, 0) is 18.2 Å². The van der Waals surface area contributed by atoms with Gasteiger partial charge >= 0.3 is 0 Å². The lowest BCUT2D eigenvalue weighted by atomic mass is 10.1. The second kappa shape index (κ2) is 5.90. The van der Waals surface area contributed by atoms with Crippen LogP contribution in [0, 0.1) is 0 Å². The van der Waals surface area contributed by atoms with Crippen LogP contribution in [-0.2, 0) is 6.54 Å². The van der Waals surface area contributed by atoms with Crippen molar-refractivity contribution in [3.63, 3.8) is 0 Å². The van der Waals surface area contributed by atoms with E-state index in [4.69, 9.17) is 28.9 Å². The Hall–Kier alpha value is -1.81. The molecule has 0 saturated carbocycles. The smallest absolute Gasteiger partial charge is 0.0785 e. The van der Waals surface area contributed by atoms with Crippen LogP contribution in [0.15, 0.2) is 54.7 Å². The number of halogens is 2. The van der Waals surface area contributed by atoms with Crippen LogP contribution in [0.2, 0.25) is 10.0 Å². The third-order valence-electron chi connectivity index (χ3n) is 3.26. The standard InChI is InChI=1S/C16H13Cl2N3/c17-14-7-6-13(8-15(14)18)21-16(12(9-19)10-20-21)11-4-2-1-3-5-11/h1-8,10H,9,19H2. The summed E-state index contributed by atoms with van der Waals surface area (Å²) in [5.41, 5.74) is 9.69. The average Bonchev–Trinajstić information content (AvgIpc) is 2.95. The molecule has 0 amide bonds. The zero-order chi connectivity index (χ0) is 14.8. The van der Waals surface area contributed by atoms with E-state index in [-0.39, 0.29) is 0 Å². The van der Waals surface area contributed by atoms with E-state index in [0.29, 0.717) is 16.6 Å². The molecule has 0 aliphatic carbocycles. The summed E-state index contributed by atoms with van der Waals surface area (Å²) in [4.78, 5) is 0. The van der Waals surface area contributed by atoms with Gasteiger partial charge in [0, 0.05) is 17.7 Å². The fourth-order valence-corrected chi connectivity index (χ4v) is 2.54. The highest BCUT2D eigenvalue weighted by molar-refractivity contribution is 6.42. The van der Waals surface area contributed by atoms with E-state index in [2.05, 4.69) is 5.10 Å². The molecule has 0 atom stereocenters. The van der Waals surface area contributed by atoms with Gasteiger partial charge in [-0.2, -0.15) is 5.10 Å². The number of hydrogen-bond donors (Lipinski definition) is 1. The fourth-order valence-electron chi connectivity index (χ4n) is 2.25. The van der Waals surface area contributed by atoms with Gasteiger partial charge in [0.05, 0.1) is 27.6 Å². The van der Waals surface area contributed by atoms with E-state index in [1.807, 2.05) is 41.1 Å². The first-order chi connectivity index (χ1) is 10.2.